The van der Waals surface area contributed by atoms with Gasteiger partial charge in [0.05, 0.1) is 30.4 Å². The summed E-state index contributed by atoms with van der Waals surface area (Å²) in [6, 6.07) is 7.71. The van der Waals surface area contributed by atoms with Gasteiger partial charge in [0, 0.05) is 24.4 Å². The molecule has 1 fully saturated rings. The number of alkyl halides is 2. The first-order valence-electron chi connectivity index (χ1n) is 9.90. The maximum absolute atomic E-state index is 14.6. The van der Waals surface area contributed by atoms with E-state index in [9.17, 15) is 13.2 Å². The summed E-state index contributed by atoms with van der Waals surface area (Å²) in [5.74, 6) is -0.687. The van der Waals surface area contributed by atoms with Crippen LogP contribution in [-0.2, 0) is 0 Å². The van der Waals surface area contributed by atoms with Crippen LogP contribution < -0.4 is 14.8 Å². The lowest BCUT2D eigenvalue weighted by atomic mass is 10.0. The van der Waals surface area contributed by atoms with Crippen LogP contribution in [0.5, 0.6) is 11.5 Å². The number of piperidine rings is 1. The summed E-state index contributed by atoms with van der Waals surface area (Å²) in [5.41, 5.74) is 0.694. The third-order valence-electron chi connectivity index (χ3n) is 5.32. The van der Waals surface area contributed by atoms with E-state index in [4.69, 9.17) is 15.9 Å². The molecule has 0 unspecified atom stereocenters. The highest BCUT2D eigenvalue weighted by molar-refractivity contribution is 5.93. The Kier molecular flexibility index (Phi) is 5.80. The SMILES string of the molecule is C#Cc1cccc(Nc2ncnc3cc(OC)c(O[C@@H]4CCN(C)CC4(F)F)cc23)c1F. The van der Waals surface area contributed by atoms with E-state index in [0.717, 1.165) is 0 Å². The molecule has 1 atom stereocenters. The summed E-state index contributed by atoms with van der Waals surface area (Å²) in [6.45, 7) is 0.0884. The molecule has 0 bridgehead atoms. The van der Waals surface area contributed by atoms with Crippen molar-refractivity contribution in [2.45, 2.75) is 18.4 Å². The second-order valence-electron chi connectivity index (χ2n) is 7.57. The normalized spacial score (nSPS) is 18.2. The Morgan fingerprint density at radius 3 is 2.78 bits per heavy atom. The number of terminal acetylenes is 1. The van der Waals surface area contributed by atoms with Crippen molar-refractivity contribution < 1.29 is 22.6 Å². The maximum Gasteiger partial charge on any atom is 0.296 e. The molecule has 1 aliphatic heterocycles. The van der Waals surface area contributed by atoms with Crippen molar-refractivity contribution in [1.29, 1.82) is 0 Å². The molecule has 166 valence electrons. The minimum absolute atomic E-state index is 0.101. The molecule has 4 rings (SSSR count). The Hall–Kier alpha value is -3.51. The van der Waals surface area contributed by atoms with Crippen molar-refractivity contribution in [3.63, 3.8) is 0 Å². The van der Waals surface area contributed by atoms with Gasteiger partial charge in [-0.3, -0.25) is 0 Å². The average Bonchev–Trinajstić information content (AvgIpc) is 2.76. The first-order valence-corrected chi connectivity index (χ1v) is 9.90. The highest BCUT2D eigenvalue weighted by atomic mass is 19.3. The van der Waals surface area contributed by atoms with Gasteiger partial charge in [-0.2, -0.15) is 0 Å². The van der Waals surface area contributed by atoms with Crippen LogP contribution in [0.1, 0.15) is 12.0 Å². The van der Waals surface area contributed by atoms with E-state index in [-0.39, 0.29) is 35.0 Å². The molecule has 1 saturated heterocycles. The van der Waals surface area contributed by atoms with Crippen LogP contribution in [0.3, 0.4) is 0 Å². The highest BCUT2D eigenvalue weighted by Crippen LogP contribution is 2.38. The Labute approximate surface area is 183 Å². The van der Waals surface area contributed by atoms with Crippen LogP contribution in [0, 0.1) is 18.2 Å². The Balaban J connectivity index is 1.73. The van der Waals surface area contributed by atoms with Gasteiger partial charge in [-0.25, -0.2) is 23.1 Å². The number of nitrogens with zero attached hydrogens (tertiary/aromatic N) is 3. The first-order chi connectivity index (χ1) is 15.3. The van der Waals surface area contributed by atoms with Gasteiger partial charge < -0.3 is 19.7 Å². The number of hydrogen-bond donors (Lipinski definition) is 1. The predicted molar refractivity (Wildman–Crippen MR) is 115 cm³/mol. The molecule has 1 aromatic heterocycles. The van der Waals surface area contributed by atoms with Crippen molar-refractivity contribution in [3.8, 4) is 23.8 Å². The van der Waals surface area contributed by atoms with Gasteiger partial charge in [0.25, 0.3) is 5.92 Å². The fraction of sp³-hybridized carbons (Fsp3) is 0.304. The van der Waals surface area contributed by atoms with Gasteiger partial charge in [-0.15, -0.1) is 6.42 Å². The average molecular weight is 442 g/mol. The quantitative estimate of drug-likeness (QED) is 0.597. The lowest BCUT2D eigenvalue weighted by Gasteiger charge is -2.36. The summed E-state index contributed by atoms with van der Waals surface area (Å²) in [7, 11) is 3.06. The zero-order chi connectivity index (χ0) is 22.9. The van der Waals surface area contributed by atoms with E-state index in [0.29, 0.717) is 17.4 Å². The van der Waals surface area contributed by atoms with Crippen molar-refractivity contribution in [3.05, 3.63) is 48.0 Å². The predicted octanol–water partition coefficient (Wildman–Crippen LogP) is 4.22. The number of rotatable bonds is 5. The molecule has 1 N–H and O–H groups in total. The van der Waals surface area contributed by atoms with E-state index in [1.54, 1.807) is 24.1 Å². The van der Waals surface area contributed by atoms with Gasteiger partial charge in [0.15, 0.2) is 23.4 Å². The van der Waals surface area contributed by atoms with Gasteiger partial charge in [-0.05, 0) is 25.2 Å². The summed E-state index contributed by atoms with van der Waals surface area (Å²) in [5, 5.41) is 3.36. The smallest absolute Gasteiger partial charge is 0.296 e. The Morgan fingerprint density at radius 1 is 1.25 bits per heavy atom. The molecule has 0 aliphatic carbocycles. The molecule has 6 nitrogen and oxygen atoms in total. The molecule has 2 heterocycles. The third-order valence-corrected chi connectivity index (χ3v) is 5.32. The third kappa shape index (κ3) is 4.14. The molecule has 9 heteroatoms. The molecule has 3 aromatic rings. The van der Waals surface area contributed by atoms with E-state index < -0.39 is 24.4 Å². The number of ether oxygens (including phenoxy) is 2. The summed E-state index contributed by atoms with van der Waals surface area (Å²) in [6.07, 6.45) is 5.49. The van der Waals surface area contributed by atoms with Crippen LogP contribution in [0.15, 0.2) is 36.7 Å². The highest BCUT2D eigenvalue weighted by Gasteiger charge is 2.45. The van der Waals surface area contributed by atoms with Crippen LogP contribution in [0.4, 0.5) is 24.7 Å². The second-order valence-corrected chi connectivity index (χ2v) is 7.57. The monoisotopic (exact) mass is 442 g/mol. The molecule has 0 amide bonds. The van der Waals surface area contributed by atoms with E-state index in [2.05, 4.69) is 21.2 Å². The number of nitrogens with one attached hydrogen (secondary N) is 1. The number of halogens is 3. The number of aromatic nitrogens is 2. The number of anilines is 2. The van der Waals surface area contributed by atoms with Crippen molar-refractivity contribution in [1.82, 2.24) is 14.9 Å². The Morgan fingerprint density at radius 2 is 2.06 bits per heavy atom. The fourth-order valence-corrected chi connectivity index (χ4v) is 3.67. The molecule has 32 heavy (non-hydrogen) atoms. The molecular formula is C23H21F3N4O2. The van der Waals surface area contributed by atoms with Crippen LogP contribution >= 0.6 is 0 Å². The second kappa shape index (κ2) is 8.55. The largest absolute Gasteiger partial charge is 0.493 e. The number of likely N-dealkylation sites (tertiary alicyclic amines) is 1. The first kappa shape index (κ1) is 21.7. The van der Waals surface area contributed by atoms with Gasteiger partial charge in [0.2, 0.25) is 0 Å². The molecule has 1 aliphatic rings. The minimum Gasteiger partial charge on any atom is -0.493 e. The zero-order valence-corrected chi connectivity index (χ0v) is 17.5. The molecule has 2 aromatic carbocycles. The Bertz CT molecular complexity index is 1200. The van der Waals surface area contributed by atoms with Crippen molar-refractivity contribution in [2.75, 3.05) is 32.6 Å². The lowest BCUT2D eigenvalue weighted by molar-refractivity contribution is -0.135. The molecule has 0 radical (unpaired) electrons. The van der Waals surface area contributed by atoms with Crippen LogP contribution in [-0.4, -0.2) is 54.1 Å². The van der Waals surface area contributed by atoms with Gasteiger partial charge in [-0.1, -0.05) is 12.0 Å². The number of benzene rings is 2. The van der Waals surface area contributed by atoms with Crippen molar-refractivity contribution in [2.24, 2.45) is 0 Å². The summed E-state index contributed by atoms with van der Waals surface area (Å²) in [4.78, 5) is 9.96. The zero-order valence-electron chi connectivity index (χ0n) is 17.5. The fourth-order valence-electron chi connectivity index (χ4n) is 3.67. The number of hydrogen-bond acceptors (Lipinski definition) is 6. The van der Waals surface area contributed by atoms with Gasteiger partial charge in [0.1, 0.15) is 12.1 Å². The standard InChI is InChI=1S/C23H21F3N4O2/c1-4-14-6-5-7-16(21(14)24)29-22-15-10-19(18(31-3)11-17(15)27-13-28-22)32-20-8-9-30(2)12-23(20,25)26/h1,5-7,10-11,13,20H,8-9,12H2,2-3H3,(H,27,28,29)/t20-/m1/s1. The van der Waals surface area contributed by atoms with E-state index in [1.807, 2.05) is 0 Å². The molecule has 0 saturated carbocycles. The topological polar surface area (TPSA) is 59.5 Å². The lowest BCUT2D eigenvalue weighted by Crippen LogP contribution is -2.52. The van der Waals surface area contributed by atoms with Crippen molar-refractivity contribution >= 4 is 22.4 Å². The van der Waals surface area contributed by atoms with Gasteiger partial charge >= 0.3 is 0 Å². The number of fused-ring (bicyclic) bond motifs is 1. The number of methoxy groups -OCH3 is 1. The summed E-state index contributed by atoms with van der Waals surface area (Å²) < 4.78 is 54.7. The van der Waals surface area contributed by atoms with Crippen LogP contribution in [0.2, 0.25) is 0 Å². The van der Waals surface area contributed by atoms with E-state index >= 15 is 0 Å². The summed E-state index contributed by atoms with van der Waals surface area (Å²) >= 11 is 0. The molecular weight excluding hydrogens is 421 g/mol. The minimum atomic E-state index is -3.03. The van der Waals surface area contributed by atoms with E-state index in [1.165, 1.54) is 31.6 Å². The van der Waals surface area contributed by atoms with Crippen LogP contribution in [0.25, 0.3) is 10.9 Å². The molecule has 0 spiro atoms. The maximum atomic E-state index is 14.6.